The molecule has 3 rings (SSSR count). The number of hydrogen-bond acceptors (Lipinski definition) is 5. The Morgan fingerprint density at radius 2 is 1.69 bits per heavy atom. The number of aryl methyl sites for hydroxylation is 1. The maximum absolute atomic E-state index is 13.1. The highest BCUT2D eigenvalue weighted by Gasteiger charge is 2.38. The van der Waals surface area contributed by atoms with E-state index in [1.54, 1.807) is 12.1 Å². The Balaban J connectivity index is 1.52. The minimum atomic E-state index is -4.81. The Bertz CT molecular complexity index is 1060. The molecule has 2 aromatic carbocycles. The van der Waals surface area contributed by atoms with Crippen molar-refractivity contribution in [2.75, 3.05) is 5.32 Å². The molecule has 0 bridgehead atoms. The number of anilines is 1. The molecule has 2 N–H and O–H groups in total. The fourth-order valence-corrected chi connectivity index (χ4v) is 4.52. The van der Waals surface area contributed by atoms with Gasteiger partial charge < -0.3 is 5.32 Å². The van der Waals surface area contributed by atoms with Crippen LogP contribution in [0.3, 0.4) is 0 Å². The van der Waals surface area contributed by atoms with Gasteiger partial charge in [0.25, 0.3) is 15.8 Å². The van der Waals surface area contributed by atoms with Crippen molar-refractivity contribution in [1.82, 2.24) is 0 Å². The number of alkyl halides is 3. The van der Waals surface area contributed by atoms with Crippen LogP contribution < -0.4 is 5.32 Å². The first-order valence-corrected chi connectivity index (χ1v) is 11.6. The monoisotopic (exact) mass is 472 g/mol. The average molecular weight is 472 g/mol. The number of nitro benzene ring substituents is 1. The molecule has 0 amide bonds. The molecule has 2 aromatic rings. The Morgan fingerprint density at radius 1 is 1.06 bits per heavy atom. The van der Waals surface area contributed by atoms with Gasteiger partial charge in [0, 0.05) is 17.8 Å². The number of halogens is 3. The molecule has 0 saturated heterocycles. The number of nitro groups is 1. The van der Waals surface area contributed by atoms with Gasteiger partial charge in [-0.15, -0.1) is 0 Å². The summed E-state index contributed by atoms with van der Waals surface area (Å²) in [4.78, 5) is 9.70. The van der Waals surface area contributed by atoms with Crippen molar-refractivity contribution < 1.29 is 31.1 Å². The summed E-state index contributed by atoms with van der Waals surface area (Å²) in [6.45, 7) is 0. The van der Waals surface area contributed by atoms with Crippen LogP contribution in [0.4, 0.5) is 24.5 Å². The Morgan fingerprint density at radius 3 is 2.22 bits per heavy atom. The molecule has 32 heavy (non-hydrogen) atoms. The minimum Gasteiger partial charge on any atom is -0.382 e. The normalized spacial score (nSPS) is 19.5. The lowest BCUT2D eigenvalue weighted by molar-refractivity contribution is -0.388. The van der Waals surface area contributed by atoms with Crippen LogP contribution in [0.15, 0.2) is 47.4 Å². The number of nitrogens with zero attached hydrogens (tertiary/aromatic N) is 1. The van der Waals surface area contributed by atoms with Crippen LogP contribution in [-0.4, -0.2) is 23.9 Å². The second-order valence-corrected chi connectivity index (χ2v) is 9.43. The molecule has 11 heteroatoms. The van der Waals surface area contributed by atoms with Crippen molar-refractivity contribution >= 4 is 21.5 Å². The molecule has 174 valence electrons. The average Bonchev–Trinajstić information content (AvgIpc) is 2.72. The molecule has 0 aliphatic heterocycles. The van der Waals surface area contributed by atoms with Crippen molar-refractivity contribution in [2.24, 2.45) is 5.92 Å². The summed E-state index contributed by atoms with van der Waals surface area (Å²) in [6, 6.07) is 9.03. The van der Waals surface area contributed by atoms with Gasteiger partial charge in [-0.25, -0.2) is 0 Å². The third-order valence-electron chi connectivity index (χ3n) is 5.78. The third kappa shape index (κ3) is 6.19. The van der Waals surface area contributed by atoms with Crippen LogP contribution in [0.25, 0.3) is 0 Å². The van der Waals surface area contributed by atoms with E-state index in [4.69, 9.17) is 4.55 Å². The fraction of sp³-hybridized carbons (Fsp3) is 0.429. The van der Waals surface area contributed by atoms with Crippen molar-refractivity contribution in [3.8, 4) is 0 Å². The number of benzene rings is 2. The van der Waals surface area contributed by atoms with E-state index in [-0.39, 0.29) is 16.6 Å². The molecular weight excluding hydrogens is 449 g/mol. The Kier molecular flexibility index (Phi) is 7.09. The molecule has 0 atom stereocenters. The van der Waals surface area contributed by atoms with Crippen LogP contribution in [0, 0.1) is 16.0 Å². The third-order valence-corrected chi connectivity index (χ3v) is 6.65. The zero-order chi connectivity index (χ0) is 23.5. The van der Waals surface area contributed by atoms with Gasteiger partial charge in [0.1, 0.15) is 5.56 Å². The van der Waals surface area contributed by atoms with Gasteiger partial charge in [0.2, 0.25) is 0 Å². The predicted molar refractivity (Wildman–Crippen MR) is 112 cm³/mol. The summed E-state index contributed by atoms with van der Waals surface area (Å²) in [5, 5.41) is 13.9. The predicted octanol–water partition coefficient (Wildman–Crippen LogP) is 5.46. The standard InChI is InChI=1S/C21H23F3N2O5S/c22-21(23,24)19-13-17(9-12-20(19)26(27)28)25-16-7-3-14(4-8-16)1-2-15-5-10-18(11-6-15)32(29,30)31/h5-6,9-14,16,25H,1-4,7-8H2,(H,29,30,31). The van der Waals surface area contributed by atoms with Crippen LogP contribution in [0.5, 0.6) is 0 Å². The fourth-order valence-electron chi connectivity index (χ4n) is 4.04. The number of rotatable bonds is 7. The first-order valence-electron chi connectivity index (χ1n) is 10.1. The quantitative estimate of drug-likeness (QED) is 0.314. The molecular formula is C21H23F3N2O5S. The highest BCUT2D eigenvalue weighted by atomic mass is 32.2. The summed E-state index contributed by atoms with van der Waals surface area (Å²) in [6.07, 6.45) is 0.159. The maximum Gasteiger partial charge on any atom is 0.423 e. The second kappa shape index (κ2) is 9.45. The van der Waals surface area contributed by atoms with Crippen molar-refractivity contribution in [3.05, 3.63) is 63.7 Å². The van der Waals surface area contributed by atoms with Crippen LogP contribution in [0.1, 0.15) is 43.2 Å². The van der Waals surface area contributed by atoms with E-state index < -0.39 is 32.5 Å². The zero-order valence-electron chi connectivity index (χ0n) is 17.0. The van der Waals surface area contributed by atoms with E-state index in [0.717, 1.165) is 56.2 Å². The SMILES string of the molecule is O=[N+]([O-])c1ccc(NC2CCC(CCc3ccc(S(=O)(=O)O)cc3)CC2)cc1C(F)(F)F. The minimum absolute atomic E-state index is 0.0113. The van der Waals surface area contributed by atoms with Crippen LogP contribution in [-0.2, 0) is 22.7 Å². The van der Waals surface area contributed by atoms with Crippen LogP contribution >= 0.6 is 0 Å². The largest absolute Gasteiger partial charge is 0.423 e. The van der Waals surface area contributed by atoms with Gasteiger partial charge in [-0.2, -0.15) is 21.6 Å². The summed E-state index contributed by atoms with van der Waals surface area (Å²) in [7, 11) is -4.21. The van der Waals surface area contributed by atoms with Gasteiger partial charge >= 0.3 is 6.18 Å². The number of nitrogens with one attached hydrogen (secondary N) is 1. The lowest BCUT2D eigenvalue weighted by atomic mass is 9.82. The highest BCUT2D eigenvalue weighted by molar-refractivity contribution is 7.85. The molecule has 1 saturated carbocycles. The maximum atomic E-state index is 13.1. The van der Waals surface area contributed by atoms with E-state index in [0.29, 0.717) is 5.92 Å². The molecule has 7 nitrogen and oxygen atoms in total. The Hall–Kier alpha value is -2.66. The summed E-state index contributed by atoms with van der Waals surface area (Å²) in [5.41, 5.74) is -1.05. The lowest BCUT2D eigenvalue weighted by Crippen LogP contribution is -2.26. The van der Waals surface area contributed by atoms with E-state index in [1.807, 2.05) is 0 Å². The van der Waals surface area contributed by atoms with Crippen LogP contribution in [0.2, 0.25) is 0 Å². The van der Waals surface area contributed by atoms with Gasteiger partial charge in [-0.05, 0) is 74.3 Å². The van der Waals surface area contributed by atoms with Crippen molar-refractivity contribution in [2.45, 2.75) is 55.6 Å². The van der Waals surface area contributed by atoms with E-state index in [1.165, 1.54) is 18.2 Å². The lowest BCUT2D eigenvalue weighted by Gasteiger charge is -2.30. The summed E-state index contributed by atoms with van der Waals surface area (Å²) < 4.78 is 70.6. The highest BCUT2D eigenvalue weighted by Crippen LogP contribution is 2.38. The molecule has 0 aromatic heterocycles. The van der Waals surface area contributed by atoms with E-state index >= 15 is 0 Å². The van der Waals surface area contributed by atoms with Gasteiger partial charge in [-0.1, -0.05) is 12.1 Å². The molecule has 1 aliphatic rings. The summed E-state index contributed by atoms with van der Waals surface area (Å²) in [5.74, 6) is 0.442. The number of hydrogen-bond donors (Lipinski definition) is 2. The van der Waals surface area contributed by atoms with Gasteiger partial charge in [-0.3, -0.25) is 14.7 Å². The van der Waals surface area contributed by atoms with E-state index in [2.05, 4.69) is 5.32 Å². The van der Waals surface area contributed by atoms with E-state index in [9.17, 15) is 31.7 Å². The topological polar surface area (TPSA) is 110 Å². The first kappa shape index (κ1) is 24.0. The first-order chi connectivity index (χ1) is 14.9. The molecule has 0 spiro atoms. The second-order valence-electron chi connectivity index (χ2n) is 8.01. The molecule has 0 heterocycles. The van der Waals surface area contributed by atoms with Gasteiger partial charge in [0.15, 0.2) is 0 Å². The molecule has 1 aliphatic carbocycles. The summed E-state index contributed by atoms with van der Waals surface area (Å²) >= 11 is 0. The zero-order valence-corrected chi connectivity index (χ0v) is 17.8. The smallest absolute Gasteiger partial charge is 0.382 e. The molecule has 0 radical (unpaired) electrons. The van der Waals surface area contributed by atoms with Gasteiger partial charge in [0.05, 0.1) is 9.82 Å². The van der Waals surface area contributed by atoms with Crippen molar-refractivity contribution in [1.29, 1.82) is 0 Å². The molecule has 1 fully saturated rings. The van der Waals surface area contributed by atoms with Crippen molar-refractivity contribution in [3.63, 3.8) is 0 Å². The molecule has 0 unspecified atom stereocenters. The Labute approximate surface area is 183 Å².